The topological polar surface area (TPSA) is 63.1 Å². The summed E-state index contributed by atoms with van der Waals surface area (Å²) in [6.07, 6.45) is 6.55. The number of rotatable bonds is 9. The Morgan fingerprint density at radius 2 is 1.42 bits per heavy atom. The van der Waals surface area contributed by atoms with Crippen LogP contribution in [0.25, 0.3) is 54.5 Å². The van der Waals surface area contributed by atoms with E-state index in [0.29, 0.717) is 5.39 Å². The number of hydrogen-bond acceptors (Lipinski definition) is 4. The van der Waals surface area contributed by atoms with E-state index in [1.165, 1.54) is 12.1 Å². The van der Waals surface area contributed by atoms with Gasteiger partial charge in [-0.3, -0.25) is 9.78 Å². The molecule has 4 nitrogen and oxygen atoms in total. The molecule has 0 aliphatic heterocycles. The smallest absolute Gasteiger partial charge is 0.164 e. The summed E-state index contributed by atoms with van der Waals surface area (Å²) in [5.74, 6) is 0.359. The number of ketones is 1. The number of fused-ring (bicyclic) bond motifs is 6. The molecule has 6 rings (SSSR count). The first kappa shape index (κ1) is 38.8. The molecule has 0 spiro atoms. The predicted molar refractivity (Wildman–Crippen MR) is 203 cm³/mol. The average Bonchev–Trinajstić information content (AvgIpc) is 3.13. The molecule has 263 valence electrons. The first-order valence-corrected chi connectivity index (χ1v) is 17.6. The summed E-state index contributed by atoms with van der Waals surface area (Å²) < 4.78 is 14.3. The van der Waals surface area contributed by atoms with Gasteiger partial charge in [-0.2, -0.15) is 0 Å². The van der Waals surface area contributed by atoms with Crippen LogP contribution in [0.3, 0.4) is 0 Å². The molecule has 50 heavy (non-hydrogen) atoms. The van der Waals surface area contributed by atoms with Crippen molar-refractivity contribution in [3.63, 3.8) is 0 Å². The van der Waals surface area contributed by atoms with E-state index in [9.17, 15) is 14.3 Å². The number of pyridine rings is 2. The van der Waals surface area contributed by atoms with E-state index in [0.717, 1.165) is 80.5 Å². The van der Waals surface area contributed by atoms with Gasteiger partial charge in [0.15, 0.2) is 5.78 Å². The van der Waals surface area contributed by atoms with Crippen molar-refractivity contribution in [2.24, 2.45) is 10.8 Å². The summed E-state index contributed by atoms with van der Waals surface area (Å²) in [4.78, 5) is 21.9. The Morgan fingerprint density at radius 3 is 2.08 bits per heavy atom. The van der Waals surface area contributed by atoms with Crippen LogP contribution in [-0.4, -0.2) is 20.9 Å². The molecule has 0 unspecified atom stereocenters. The van der Waals surface area contributed by atoms with E-state index in [1.807, 2.05) is 77.9 Å². The molecule has 2 aromatic heterocycles. The zero-order valence-corrected chi connectivity index (χ0v) is 32.8. The number of nitrogens with zero attached hydrogens (tertiary/aromatic N) is 2. The first-order valence-electron chi connectivity index (χ1n) is 17.6. The predicted octanol–water partition coefficient (Wildman–Crippen LogP) is 12.5. The molecule has 6 heteroatoms. The minimum atomic E-state index is -0.337. The third-order valence-corrected chi connectivity index (χ3v) is 10.8. The van der Waals surface area contributed by atoms with E-state index in [-0.39, 0.29) is 54.2 Å². The quantitative estimate of drug-likeness (QED) is 0.0681. The van der Waals surface area contributed by atoms with Crippen molar-refractivity contribution in [2.45, 2.75) is 87.0 Å². The summed E-state index contributed by atoms with van der Waals surface area (Å²) >= 11 is 0. The largest absolute Gasteiger partial charge is 0.512 e. The van der Waals surface area contributed by atoms with Gasteiger partial charge in [0.25, 0.3) is 0 Å². The van der Waals surface area contributed by atoms with E-state index < -0.39 is 0 Å². The Morgan fingerprint density at radius 1 is 0.800 bits per heavy atom. The Balaban J connectivity index is 0.000000269. The Labute approximate surface area is 309 Å². The number of halogens is 1. The van der Waals surface area contributed by atoms with E-state index in [1.54, 1.807) is 12.3 Å². The Hall–Kier alpha value is -3.99. The summed E-state index contributed by atoms with van der Waals surface area (Å²) in [7, 11) is 0. The van der Waals surface area contributed by atoms with Gasteiger partial charge in [-0.05, 0) is 77.0 Å². The molecule has 1 N–H and O–H groups in total. The van der Waals surface area contributed by atoms with Crippen molar-refractivity contribution in [2.75, 3.05) is 0 Å². The van der Waals surface area contributed by atoms with Gasteiger partial charge in [0.1, 0.15) is 11.6 Å². The summed E-state index contributed by atoms with van der Waals surface area (Å²) in [6.45, 7) is 16.4. The molecule has 0 aliphatic carbocycles. The molecule has 6 aromatic rings. The first-order chi connectivity index (χ1) is 23.4. The molecular weight excluding hydrogens is 800 g/mol. The molecule has 0 saturated heterocycles. The molecule has 1 radical (unpaired) electrons. The minimum absolute atomic E-state index is 0. The van der Waals surface area contributed by atoms with E-state index >= 15 is 0 Å². The van der Waals surface area contributed by atoms with Gasteiger partial charge in [-0.25, -0.2) is 4.39 Å². The van der Waals surface area contributed by atoms with Crippen LogP contribution in [0, 0.1) is 22.7 Å². The maximum absolute atomic E-state index is 14.3. The van der Waals surface area contributed by atoms with Gasteiger partial charge in [0.05, 0.1) is 5.52 Å². The van der Waals surface area contributed by atoms with Crippen LogP contribution in [0.15, 0.2) is 90.8 Å². The normalized spacial score (nSPS) is 12.3. The molecule has 0 fully saturated rings. The number of allylic oxidation sites excluding steroid dienone is 2. The van der Waals surface area contributed by atoms with Crippen LogP contribution in [0.2, 0.25) is 0 Å². The number of para-hydroxylation sites is 1. The maximum Gasteiger partial charge on any atom is 0.164 e. The third kappa shape index (κ3) is 7.38. The van der Waals surface area contributed by atoms with Crippen LogP contribution < -0.4 is 0 Å². The van der Waals surface area contributed by atoms with Crippen molar-refractivity contribution >= 4 is 49.0 Å². The number of hydrogen-bond donors (Lipinski definition) is 1. The van der Waals surface area contributed by atoms with Gasteiger partial charge >= 0.3 is 0 Å². The summed E-state index contributed by atoms with van der Waals surface area (Å²) in [5, 5.41) is 17.0. The average molecular weight is 848 g/mol. The van der Waals surface area contributed by atoms with Crippen molar-refractivity contribution in [3.05, 3.63) is 108 Å². The zero-order valence-electron chi connectivity index (χ0n) is 30.4. The number of aromatic nitrogens is 2. The number of carbonyl (C=O) groups excluding carboxylic acids is 1. The van der Waals surface area contributed by atoms with E-state index in [4.69, 9.17) is 9.97 Å². The molecule has 0 saturated carbocycles. The van der Waals surface area contributed by atoms with Crippen LogP contribution in [0.1, 0.15) is 92.7 Å². The molecule has 4 aromatic carbocycles. The second-order valence-electron chi connectivity index (χ2n) is 13.9. The monoisotopic (exact) mass is 848 g/mol. The van der Waals surface area contributed by atoms with Gasteiger partial charge in [0.2, 0.25) is 0 Å². The zero-order chi connectivity index (χ0) is 35.5. The fourth-order valence-electron chi connectivity index (χ4n) is 6.37. The summed E-state index contributed by atoms with van der Waals surface area (Å²) in [6, 6.07) is 26.9. The number of benzene rings is 4. The molecular formula is C44H48FIrN2O2-. The van der Waals surface area contributed by atoms with Crippen molar-refractivity contribution < 1.29 is 34.4 Å². The minimum Gasteiger partial charge on any atom is -0.512 e. The van der Waals surface area contributed by atoms with Crippen LogP contribution in [-0.2, 0) is 24.9 Å². The summed E-state index contributed by atoms with van der Waals surface area (Å²) in [5.41, 5.74) is 3.23. The van der Waals surface area contributed by atoms with Crippen LogP contribution in [0.5, 0.6) is 0 Å². The fraction of sp³-hybridized carbons (Fsp3) is 0.341. The van der Waals surface area contributed by atoms with Gasteiger partial charge in [-0.1, -0.05) is 109 Å². The second kappa shape index (κ2) is 15.9. The molecule has 0 amide bonds. The van der Waals surface area contributed by atoms with Crippen LogP contribution in [0.4, 0.5) is 4.39 Å². The number of carbonyl (C=O) groups is 1. The molecule has 0 atom stereocenters. The van der Waals surface area contributed by atoms with Crippen LogP contribution >= 0.6 is 0 Å². The van der Waals surface area contributed by atoms with Gasteiger partial charge < -0.3 is 10.1 Å². The number of aliphatic hydroxyl groups is 1. The Kier molecular flexibility index (Phi) is 12.4. The molecule has 0 aliphatic rings. The molecule has 0 bridgehead atoms. The SMILES string of the molecule is CC(C)c1nc2ccccc2c2c[c-]c(-c3nccc4c3ccc3c(F)cccc34)cc12.CCC(C)(CC)C(=O)/C=C(\O)C(C)(CC)CC.[Ir]. The third-order valence-electron chi connectivity index (χ3n) is 10.8. The van der Waals surface area contributed by atoms with Gasteiger partial charge in [-0.15, -0.1) is 23.8 Å². The second-order valence-corrected chi connectivity index (χ2v) is 13.9. The Bertz CT molecular complexity index is 2180. The maximum atomic E-state index is 14.3. The van der Waals surface area contributed by atoms with Crippen molar-refractivity contribution in [3.8, 4) is 11.3 Å². The fourth-order valence-corrected chi connectivity index (χ4v) is 6.37. The standard InChI is InChI=1S/C29H20FN2.C15H28O2.Ir/c1-17(2)28-25-16-18(10-11-20(25)23-6-3-4-9-27(23)32-28)29-24-13-12-22-19(7-5-8-26(22)30)21(24)14-15-31-29;1-7-14(5,8-2)12(16)11-13(17)15(6,9-3)10-4;/h3-9,11-17H,1-2H3;11,16H,7-10H2,1-6H3;/q-1;;/b;12-11-;. The number of aliphatic hydroxyl groups excluding tert-OH is 1. The van der Waals surface area contributed by atoms with Gasteiger partial charge in [0, 0.05) is 54.3 Å². The van der Waals surface area contributed by atoms with Crippen molar-refractivity contribution in [1.82, 2.24) is 9.97 Å². The van der Waals surface area contributed by atoms with E-state index in [2.05, 4.69) is 44.2 Å². The van der Waals surface area contributed by atoms with Crippen molar-refractivity contribution in [1.29, 1.82) is 0 Å². The molecule has 2 heterocycles.